The Morgan fingerprint density at radius 2 is 1.90 bits per heavy atom. The standard InChI is InChI=1S/C15H28N2O3/c1-2-20-15(19)11-14(18)12-16-7-9-17(10-8-16)13-5-3-4-6-13/h13-14,18H,2-12H2,1H3. The van der Waals surface area contributed by atoms with Gasteiger partial charge in [0.1, 0.15) is 0 Å². The van der Waals surface area contributed by atoms with Crippen molar-refractivity contribution in [1.82, 2.24) is 9.80 Å². The molecule has 1 saturated carbocycles. The predicted octanol–water partition coefficient (Wildman–Crippen LogP) is 0.861. The van der Waals surface area contributed by atoms with Gasteiger partial charge in [-0.1, -0.05) is 12.8 Å². The Kier molecular flexibility index (Phi) is 6.26. The van der Waals surface area contributed by atoms with Gasteiger partial charge >= 0.3 is 5.97 Å². The van der Waals surface area contributed by atoms with Gasteiger partial charge < -0.3 is 9.84 Å². The molecule has 2 rings (SSSR count). The number of rotatable bonds is 6. The smallest absolute Gasteiger partial charge is 0.308 e. The van der Waals surface area contributed by atoms with Crippen LogP contribution in [0.2, 0.25) is 0 Å². The van der Waals surface area contributed by atoms with Crippen LogP contribution in [0, 0.1) is 0 Å². The van der Waals surface area contributed by atoms with Gasteiger partial charge in [-0.05, 0) is 19.8 Å². The normalized spacial score (nSPS) is 23.9. The van der Waals surface area contributed by atoms with E-state index < -0.39 is 6.10 Å². The van der Waals surface area contributed by atoms with E-state index in [9.17, 15) is 9.90 Å². The fourth-order valence-electron chi connectivity index (χ4n) is 3.36. The van der Waals surface area contributed by atoms with Crippen LogP contribution in [0.25, 0.3) is 0 Å². The van der Waals surface area contributed by atoms with Crippen molar-refractivity contribution >= 4 is 5.97 Å². The first kappa shape index (κ1) is 15.7. The predicted molar refractivity (Wildman–Crippen MR) is 77.5 cm³/mol. The Hall–Kier alpha value is -0.650. The summed E-state index contributed by atoms with van der Waals surface area (Å²) in [7, 11) is 0. The van der Waals surface area contributed by atoms with E-state index in [-0.39, 0.29) is 12.4 Å². The van der Waals surface area contributed by atoms with Crippen molar-refractivity contribution in [3.8, 4) is 0 Å². The van der Waals surface area contributed by atoms with Crippen LogP contribution in [0.1, 0.15) is 39.0 Å². The highest BCUT2D eigenvalue weighted by atomic mass is 16.5. The molecule has 5 nitrogen and oxygen atoms in total. The van der Waals surface area contributed by atoms with Gasteiger partial charge in [-0.25, -0.2) is 0 Å². The van der Waals surface area contributed by atoms with Crippen LogP contribution in [0.15, 0.2) is 0 Å². The molecule has 0 aromatic carbocycles. The van der Waals surface area contributed by atoms with Crippen molar-refractivity contribution < 1.29 is 14.6 Å². The van der Waals surface area contributed by atoms with E-state index >= 15 is 0 Å². The Bertz CT molecular complexity index is 297. The van der Waals surface area contributed by atoms with E-state index in [1.54, 1.807) is 6.92 Å². The van der Waals surface area contributed by atoms with E-state index in [1.807, 2.05) is 0 Å². The number of piperazine rings is 1. The maximum absolute atomic E-state index is 11.3. The molecule has 0 amide bonds. The molecule has 1 unspecified atom stereocenters. The van der Waals surface area contributed by atoms with Crippen molar-refractivity contribution in [2.24, 2.45) is 0 Å². The third-order valence-electron chi connectivity index (χ3n) is 4.42. The molecule has 0 spiro atoms. The Labute approximate surface area is 121 Å². The minimum atomic E-state index is -0.605. The SMILES string of the molecule is CCOC(=O)CC(O)CN1CCN(C2CCCC2)CC1. The summed E-state index contributed by atoms with van der Waals surface area (Å²) >= 11 is 0. The highest BCUT2D eigenvalue weighted by Crippen LogP contribution is 2.24. The molecular weight excluding hydrogens is 256 g/mol. The molecule has 0 bridgehead atoms. The van der Waals surface area contributed by atoms with Crippen molar-refractivity contribution in [2.75, 3.05) is 39.3 Å². The second kappa shape index (κ2) is 7.96. The van der Waals surface area contributed by atoms with Gasteiger partial charge in [-0.3, -0.25) is 14.6 Å². The Balaban J connectivity index is 1.64. The van der Waals surface area contributed by atoms with E-state index in [0.29, 0.717) is 13.2 Å². The Morgan fingerprint density at radius 3 is 2.50 bits per heavy atom. The molecule has 0 radical (unpaired) electrons. The molecule has 1 N–H and O–H groups in total. The van der Waals surface area contributed by atoms with Crippen LogP contribution in [-0.4, -0.2) is 72.4 Å². The number of hydrogen-bond acceptors (Lipinski definition) is 5. The molecular formula is C15H28N2O3. The van der Waals surface area contributed by atoms with Gasteiger partial charge in [0.15, 0.2) is 0 Å². The molecule has 0 aromatic rings. The van der Waals surface area contributed by atoms with E-state index in [4.69, 9.17) is 4.74 Å². The number of esters is 1. The van der Waals surface area contributed by atoms with Crippen LogP contribution in [0.5, 0.6) is 0 Å². The molecule has 2 fully saturated rings. The highest BCUT2D eigenvalue weighted by Gasteiger charge is 2.27. The molecule has 2 aliphatic rings. The molecule has 1 aliphatic heterocycles. The molecule has 1 atom stereocenters. The summed E-state index contributed by atoms with van der Waals surface area (Å²) in [5.41, 5.74) is 0. The zero-order valence-corrected chi connectivity index (χ0v) is 12.6. The van der Waals surface area contributed by atoms with E-state index in [0.717, 1.165) is 32.2 Å². The largest absolute Gasteiger partial charge is 0.466 e. The Morgan fingerprint density at radius 1 is 1.25 bits per heavy atom. The molecule has 20 heavy (non-hydrogen) atoms. The molecule has 1 aliphatic carbocycles. The number of hydrogen-bond donors (Lipinski definition) is 1. The average Bonchev–Trinajstić information content (AvgIpc) is 2.93. The van der Waals surface area contributed by atoms with Gasteiger partial charge in [0.2, 0.25) is 0 Å². The number of carbonyl (C=O) groups is 1. The molecule has 1 heterocycles. The topological polar surface area (TPSA) is 53.0 Å². The first-order valence-corrected chi connectivity index (χ1v) is 7.99. The second-order valence-corrected chi connectivity index (χ2v) is 5.94. The van der Waals surface area contributed by atoms with Crippen molar-refractivity contribution in [3.05, 3.63) is 0 Å². The van der Waals surface area contributed by atoms with Gasteiger partial charge in [0.25, 0.3) is 0 Å². The lowest BCUT2D eigenvalue weighted by atomic mass is 10.1. The zero-order valence-electron chi connectivity index (χ0n) is 12.6. The summed E-state index contributed by atoms with van der Waals surface area (Å²) in [4.78, 5) is 16.2. The van der Waals surface area contributed by atoms with E-state index in [1.165, 1.54) is 25.7 Å². The number of carbonyl (C=O) groups excluding carboxylic acids is 1. The lowest BCUT2D eigenvalue weighted by Crippen LogP contribution is -2.51. The molecule has 1 saturated heterocycles. The fourth-order valence-corrected chi connectivity index (χ4v) is 3.36. The highest BCUT2D eigenvalue weighted by molar-refractivity contribution is 5.69. The maximum Gasteiger partial charge on any atom is 0.308 e. The summed E-state index contributed by atoms with van der Waals surface area (Å²) in [6.45, 7) is 6.93. The van der Waals surface area contributed by atoms with Crippen LogP contribution < -0.4 is 0 Å². The minimum Gasteiger partial charge on any atom is -0.466 e. The third kappa shape index (κ3) is 4.72. The number of ether oxygens (including phenoxy) is 1. The quantitative estimate of drug-likeness (QED) is 0.733. The first-order chi connectivity index (χ1) is 9.69. The minimum absolute atomic E-state index is 0.108. The van der Waals surface area contributed by atoms with Crippen LogP contribution in [0.4, 0.5) is 0 Å². The van der Waals surface area contributed by atoms with Gasteiger partial charge in [0.05, 0.1) is 19.1 Å². The monoisotopic (exact) mass is 284 g/mol. The van der Waals surface area contributed by atoms with E-state index in [2.05, 4.69) is 9.80 Å². The zero-order chi connectivity index (χ0) is 14.4. The van der Waals surface area contributed by atoms with Crippen LogP contribution >= 0.6 is 0 Å². The second-order valence-electron chi connectivity index (χ2n) is 5.94. The fraction of sp³-hybridized carbons (Fsp3) is 0.933. The molecule has 116 valence electrons. The third-order valence-corrected chi connectivity index (χ3v) is 4.42. The summed E-state index contributed by atoms with van der Waals surface area (Å²) in [5, 5.41) is 9.92. The first-order valence-electron chi connectivity index (χ1n) is 7.99. The number of β-amino-alcohol motifs (C(OH)–C–C–N with tert-alkyl or cyclic N) is 1. The summed E-state index contributed by atoms with van der Waals surface area (Å²) in [6, 6.07) is 0.793. The number of aliphatic hydroxyl groups excluding tert-OH is 1. The molecule has 5 heteroatoms. The van der Waals surface area contributed by atoms with Crippen molar-refractivity contribution in [3.63, 3.8) is 0 Å². The van der Waals surface area contributed by atoms with Crippen LogP contribution in [0.3, 0.4) is 0 Å². The van der Waals surface area contributed by atoms with Gasteiger partial charge in [-0.2, -0.15) is 0 Å². The summed E-state index contributed by atoms with van der Waals surface area (Å²) in [5.74, 6) is -0.301. The lowest BCUT2D eigenvalue weighted by molar-refractivity contribution is -0.145. The van der Waals surface area contributed by atoms with Gasteiger partial charge in [-0.15, -0.1) is 0 Å². The summed E-state index contributed by atoms with van der Waals surface area (Å²) in [6.07, 6.45) is 4.96. The maximum atomic E-state index is 11.3. The van der Waals surface area contributed by atoms with Crippen LogP contribution in [-0.2, 0) is 9.53 Å². The van der Waals surface area contributed by atoms with Crippen molar-refractivity contribution in [2.45, 2.75) is 51.2 Å². The summed E-state index contributed by atoms with van der Waals surface area (Å²) < 4.78 is 4.86. The number of aliphatic hydroxyl groups is 1. The average molecular weight is 284 g/mol. The van der Waals surface area contributed by atoms with Gasteiger partial charge in [0, 0.05) is 38.8 Å². The van der Waals surface area contributed by atoms with Crippen molar-refractivity contribution in [1.29, 1.82) is 0 Å². The lowest BCUT2D eigenvalue weighted by Gasteiger charge is -2.38. The number of nitrogens with zero attached hydrogens (tertiary/aromatic N) is 2. The molecule has 0 aromatic heterocycles.